The maximum Gasteiger partial charge on any atom is 0.322 e. The number of aliphatic hydroxyl groups is 1. The van der Waals surface area contributed by atoms with Crippen LogP contribution in [0.5, 0.6) is 0 Å². The van der Waals surface area contributed by atoms with E-state index in [0.29, 0.717) is 0 Å². The summed E-state index contributed by atoms with van der Waals surface area (Å²) in [6.45, 7) is -1.58. The van der Waals surface area contributed by atoms with E-state index in [4.69, 9.17) is 26.2 Å². The minimum atomic E-state index is -1.68. The quantitative estimate of drug-likeness (QED) is 0.146. The van der Waals surface area contributed by atoms with Gasteiger partial charge in [-0.3, -0.25) is 28.8 Å². The summed E-state index contributed by atoms with van der Waals surface area (Å²) in [4.78, 5) is 68.1. The van der Waals surface area contributed by atoms with Gasteiger partial charge in [-0.05, 0) is 6.42 Å². The molecule has 9 N–H and O–H groups in total. The molecule has 14 nitrogen and oxygen atoms in total. The van der Waals surface area contributed by atoms with E-state index < -0.39 is 86.2 Å². The third-order valence-corrected chi connectivity index (χ3v) is 3.24. The third-order valence-electron chi connectivity index (χ3n) is 3.24. The lowest BCUT2D eigenvalue weighted by Crippen LogP contribution is -2.56. The summed E-state index contributed by atoms with van der Waals surface area (Å²) in [7, 11) is 0. The molecule has 0 fully saturated rings. The van der Waals surface area contributed by atoms with Gasteiger partial charge in [-0.25, -0.2) is 0 Å². The molecule has 3 unspecified atom stereocenters. The van der Waals surface area contributed by atoms with E-state index in [1.807, 2.05) is 10.6 Å². The number of nitrogens with one attached hydrogen (secondary N) is 3. The average Bonchev–Trinajstić information content (AvgIpc) is 2.60. The van der Waals surface area contributed by atoms with Gasteiger partial charge in [-0.2, -0.15) is 0 Å². The van der Waals surface area contributed by atoms with Gasteiger partial charge in [-0.1, -0.05) is 0 Å². The van der Waals surface area contributed by atoms with E-state index in [1.165, 1.54) is 0 Å². The normalized spacial score (nSPS) is 13.5. The van der Waals surface area contributed by atoms with E-state index in [-0.39, 0.29) is 0 Å². The number of rotatable bonds is 13. The first-order valence-corrected chi connectivity index (χ1v) is 7.88. The Kier molecular flexibility index (Phi) is 10.8. The van der Waals surface area contributed by atoms with Crippen molar-refractivity contribution in [1.82, 2.24) is 16.0 Å². The molecule has 3 atom stereocenters. The molecule has 0 aromatic heterocycles. The molecule has 0 aliphatic heterocycles. The first-order chi connectivity index (χ1) is 13.0. The smallest absolute Gasteiger partial charge is 0.322 e. The van der Waals surface area contributed by atoms with Gasteiger partial charge in [0, 0.05) is 6.42 Å². The fraction of sp³-hybridized carbons (Fsp3) is 0.571. The van der Waals surface area contributed by atoms with Crippen LogP contribution in [0.15, 0.2) is 0 Å². The third kappa shape index (κ3) is 10.0. The number of nitrogens with two attached hydrogens (primary N) is 1. The lowest BCUT2D eigenvalue weighted by atomic mass is 10.1. The van der Waals surface area contributed by atoms with E-state index in [9.17, 15) is 28.8 Å². The number of hydrogen-bond donors (Lipinski definition) is 8. The van der Waals surface area contributed by atoms with Crippen molar-refractivity contribution >= 4 is 35.6 Å². The van der Waals surface area contributed by atoms with Crippen molar-refractivity contribution in [3.8, 4) is 0 Å². The van der Waals surface area contributed by atoms with E-state index in [2.05, 4.69) is 5.32 Å². The fourth-order valence-corrected chi connectivity index (χ4v) is 1.84. The van der Waals surface area contributed by atoms with Crippen molar-refractivity contribution < 1.29 is 49.2 Å². The molecule has 0 rings (SSSR count). The Morgan fingerprint density at radius 2 is 1.36 bits per heavy atom. The minimum Gasteiger partial charge on any atom is -0.481 e. The largest absolute Gasteiger partial charge is 0.481 e. The van der Waals surface area contributed by atoms with Crippen LogP contribution < -0.4 is 21.7 Å². The number of amides is 3. The zero-order valence-corrected chi connectivity index (χ0v) is 14.6. The highest BCUT2D eigenvalue weighted by Gasteiger charge is 2.29. The number of aliphatic carboxylic acids is 3. The highest BCUT2D eigenvalue weighted by molar-refractivity contribution is 5.95. The first-order valence-electron chi connectivity index (χ1n) is 7.88. The molecular formula is C14H22N4O10. The molecule has 0 radical (unpaired) electrons. The zero-order chi connectivity index (χ0) is 21.9. The van der Waals surface area contributed by atoms with Gasteiger partial charge in [0.05, 0.1) is 13.0 Å². The van der Waals surface area contributed by atoms with Crippen LogP contribution in [-0.4, -0.2) is 87.3 Å². The molecule has 0 bridgehead atoms. The van der Waals surface area contributed by atoms with Gasteiger partial charge in [0.25, 0.3) is 0 Å². The zero-order valence-electron chi connectivity index (χ0n) is 14.6. The Labute approximate surface area is 158 Å². The molecule has 158 valence electrons. The van der Waals surface area contributed by atoms with E-state index in [0.717, 1.165) is 0 Å². The second-order valence-corrected chi connectivity index (χ2v) is 5.55. The highest BCUT2D eigenvalue weighted by atomic mass is 16.4. The summed E-state index contributed by atoms with van der Waals surface area (Å²) >= 11 is 0. The van der Waals surface area contributed by atoms with Gasteiger partial charge < -0.3 is 42.1 Å². The molecule has 0 aliphatic rings. The van der Waals surface area contributed by atoms with Gasteiger partial charge in [0.15, 0.2) is 0 Å². The number of carbonyl (C=O) groups excluding carboxylic acids is 3. The van der Waals surface area contributed by atoms with Crippen molar-refractivity contribution in [2.24, 2.45) is 5.73 Å². The topological polar surface area (TPSA) is 245 Å². The van der Waals surface area contributed by atoms with Crippen LogP contribution in [0.4, 0.5) is 0 Å². The number of carbonyl (C=O) groups is 6. The lowest BCUT2D eigenvalue weighted by Gasteiger charge is -2.22. The number of aliphatic hydroxyl groups excluding tert-OH is 1. The Morgan fingerprint density at radius 3 is 1.82 bits per heavy atom. The monoisotopic (exact) mass is 406 g/mol. The van der Waals surface area contributed by atoms with Gasteiger partial charge in [0.1, 0.15) is 24.7 Å². The summed E-state index contributed by atoms with van der Waals surface area (Å²) in [5.74, 6) is -7.34. The molecular weight excluding hydrogens is 384 g/mol. The molecule has 3 amide bonds. The van der Waals surface area contributed by atoms with Gasteiger partial charge in [-0.15, -0.1) is 0 Å². The average molecular weight is 406 g/mol. The van der Waals surface area contributed by atoms with Crippen molar-refractivity contribution in [2.45, 2.75) is 37.4 Å². The Hall–Kier alpha value is -3.26. The molecule has 0 saturated carbocycles. The van der Waals surface area contributed by atoms with Crippen LogP contribution in [0.2, 0.25) is 0 Å². The lowest BCUT2D eigenvalue weighted by molar-refractivity contribution is -0.141. The first kappa shape index (κ1) is 24.7. The second-order valence-electron chi connectivity index (χ2n) is 5.55. The maximum atomic E-state index is 12.3. The molecule has 28 heavy (non-hydrogen) atoms. The molecule has 14 heteroatoms. The Balaban J connectivity index is 5.26. The summed E-state index contributed by atoms with van der Waals surface area (Å²) in [5, 5.41) is 41.0. The number of carboxylic acid groups (broad SMARTS) is 3. The van der Waals surface area contributed by atoms with Crippen molar-refractivity contribution in [2.75, 3.05) is 13.2 Å². The van der Waals surface area contributed by atoms with Crippen LogP contribution in [0.1, 0.15) is 19.3 Å². The molecule has 0 spiro atoms. The van der Waals surface area contributed by atoms with Crippen LogP contribution >= 0.6 is 0 Å². The predicted octanol–water partition coefficient (Wildman–Crippen LogP) is -4.18. The standard InChI is InChI=1S/C14H22N4O10/c15-6(5-19)12(26)17-7(1-2-9(20)21)14(28)18-8(3-10(22)23)13(27)16-4-11(24)25/h6-8,19H,1-5,15H2,(H,16,27)(H,17,26)(H,18,28)(H,20,21)(H,22,23)(H,24,25). The van der Waals surface area contributed by atoms with Crippen LogP contribution in [0.25, 0.3) is 0 Å². The summed E-state index contributed by atoms with van der Waals surface area (Å²) in [6, 6.07) is -4.57. The summed E-state index contributed by atoms with van der Waals surface area (Å²) < 4.78 is 0. The maximum absolute atomic E-state index is 12.3. The molecule has 0 saturated heterocycles. The molecule has 0 aliphatic carbocycles. The highest BCUT2D eigenvalue weighted by Crippen LogP contribution is 2.02. The molecule has 0 heterocycles. The second kappa shape index (κ2) is 12.2. The van der Waals surface area contributed by atoms with Crippen LogP contribution in [0.3, 0.4) is 0 Å². The van der Waals surface area contributed by atoms with Crippen LogP contribution in [0, 0.1) is 0 Å². The number of carboxylic acids is 3. The number of hydrogen-bond acceptors (Lipinski definition) is 8. The fourth-order valence-electron chi connectivity index (χ4n) is 1.84. The van der Waals surface area contributed by atoms with Crippen molar-refractivity contribution in [3.63, 3.8) is 0 Å². The van der Waals surface area contributed by atoms with Crippen molar-refractivity contribution in [1.29, 1.82) is 0 Å². The molecule has 0 aromatic rings. The Morgan fingerprint density at radius 1 is 0.786 bits per heavy atom. The van der Waals surface area contributed by atoms with Crippen LogP contribution in [-0.2, 0) is 28.8 Å². The van der Waals surface area contributed by atoms with E-state index in [1.54, 1.807) is 0 Å². The SMILES string of the molecule is NC(CO)C(=O)NC(CCC(=O)O)C(=O)NC(CC(=O)O)C(=O)NCC(=O)O. The Bertz CT molecular complexity index is 623. The summed E-state index contributed by atoms with van der Waals surface area (Å²) in [5.41, 5.74) is 5.30. The van der Waals surface area contributed by atoms with Gasteiger partial charge in [0.2, 0.25) is 17.7 Å². The molecule has 0 aromatic carbocycles. The van der Waals surface area contributed by atoms with Crippen molar-refractivity contribution in [3.05, 3.63) is 0 Å². The predicted molar refractivity (Wildman–Crippen MR) is 88.7 cm³/mol. The summed E-state index contributed by atoms with van der Waals surface area (Å²) in [6.07, 6.45) is -1.87. The van der Waals surface area contributed by atoms with Gasteiger partial charge >= 0.3 is 17.9 Å². The minimum absolute atomic E-state index is 0.415. The van der Waals surface area contributed by atoms with E-state index >= 15 is 0 Å².